The summed E-state index contributed by atoms with van der Waals surface area (Å²) in [5.74, 6) is -1.96. The van der Waals surface area contributed by atoms with Crippen LogP contribution in [0.2, 0.25) is 0 Å². The lowest BCUT2D eigenvalue weighted by Crippen LogP contribution is -2.10. The van der Waals surface area contributed by atoms with Gasteiger partial charge in [-0.15, -0.1) is 0 Å². The topological polar surface area (TPSA) is 74.6 Å². The number of carbonyl (C=O) groups is 2. The van der Waals surface area contributed by atoms with Crippen molar-refractivity contribution in [2.24, 2.45) is 0 Å². The predicted octanol–water partition coefficient (Wildman–Crippen LogP) is 3.77. The molecule has 0 radical (unpaired) electrons. The van der Waals surface area contributed by atoms with E-state index in [1.165, 1.54) is 0 Å². The molecule has 1 aromatic carbocycles. The lowest BCUT2D eigenvalue weighted by Gasteiger charge is -2.12. The molecule has 0 atom stereocenters. The van der Waals surface area contributed by atoms with Crippen molar-refractivity contribution in [1.29, 1.82) is 0 Å². The van der Waals surface area contributed by atoms with E-state index in [1.54, 1.807) is 12.1 Å². The summed E-state index contributed by atoms with van der Waals surface area (Å²) in [7, 11) is 0. The SMILES string of the molecule is CCCCc1cc(C(=O)O)c(CCCC)cc1C(=O)O. The summed E-state index contributed by atoms with van der Waals surface area (Å²) >= 11 is 0. The normalized spacial score (nSPS) is 10.5. The van der Waals surface area contributed by atoms with Crippen molar-refractivity contribution in [3.8, 4) is 0 Å². The summed E-state index contributed by atoms with van der Waals surface area (Å²) in [5, 5.41) is 18.6. The van der Waals surface area contributed by atoms with Crippen molar-refractivity contribution >= 4 is 11.9 Å². The minimum Gasteiger partial charge on any atom is -0.478 e. The first kappa shape index (κ1) is 16.2. The fourth-order valence-electron chi connectivity index (χ4n) is 2.24. The van der Waals surface area contributed by atoms with Gasteiger partial charge >= 0.3 is 11.9 Å². The number of unbranched alkanes of at least 4 members (excludes halogenated alkanes) is 2. The molecule has 0 aliphatic rings. The number of aromatic carboxylic acids is 2. The molecule has 0 aliphatic carbocycles. The number of rotatable bonds is 8. The van der Waals surface area contributed by atoms with E-state index in [2.05, 4.69) is 0 Å². The number of hydrogen-bond donors (Lipinski definition) is 2. The van der Waals surface area contributed by atoms with Crippen LogP contribution in [0, 0.1) is 0 Å². The standard InChI is InChI=1S/C16H22O4/c1-3-5-7-11-9-14(16(19)20)12(8-6-4-2)10-13(11)15(17)18/h9-10H,3-8H2,1-2H3,(H,17,18)(H,19,20). The third kappa shape index (κ3) is 4.08. The molecule has 4 heteroatoms. The Morgan fingerprint density at radius 2 is 1.20 bits per heavy atom. The summed E-state index contributed by atoms with van der Waals surface area (Å²) in [6, 6.07) is 3.10. The number of carboxylic acids is 2. The fraction of sp³-hybridized carbons (Fsp3) is 0.500. The average molecular weight is 278 g/mol. The largest absolute Gasteiger partial charge is 0.478 e. The van der Waals surface area contributed by atoms with Crippen molar-refractivity contribution in [3.63, 3.8) is 0 Å². The van der Waals surface area contributed by atoms with Gasteiger partial charge in [0.1, 0.15) is 0 Å². The Morgan fingerprint density at radius 3 is 1.45 bits per heavy atom. The molecule has 1 aromatic rings. The zero-order chi connectivity index (χ0) is 15.1. The maximum absolute atomic E-state index is 11.3. The van der Waals surface area contributed by atoms with Crippen LogP contribution in [-0.2, 0) is 12.8 Å². The highest BCUT2D eigenvalue weighted by Gasteiger charge is 2.17. The average Bonchev–Trinajstić information content (AvgIpc) is 2.42. The smallest absolute Gasteiger partial charge is 0.335 e. The minimum atomic E-state index is -0.981. The van der Waals surface area contributed by atoms with Crippen molar-refractivity contribution in [3.05, 3.63) is 34.4 Å². The molecule has 0 saturated carbocycles. The fourth-order valence-corrected chi connectivity index (χ4v) is 2.24. The highest BCUT2D eigenvalue weighted by atomic mass is 16.4. The van der Waals surface area contributed by atoms with Crippen LogP contribution in [0.4, 0.5) is 0 Å². The van der Waals surface area contributed by atoms with Gasteiger partial charge in [0.25, 0.3) is 0 Å². The molecule has 2 N–H and O–H groups in total. The molecular formula is C16H22O4. The Morgan fingerprint density at radius 1 is 0.850 bits per heavy atom. The van der Waals surface area contributed by atoms with Crippen LogP contribution in [-0.4, -0.2) is 22.2 Å². The second-order valence-corrected chi connectivity index (χ2v) is 4.98. The number of carboxylic acid groups (broad SMARTS) is 2. The van der Waals surface area contributed by atoms with Gasteiger partial charge in [0, 0.05) is 0 Å². The zero-order valence-corrected chi connectivity index (χ0v) is 12.1. The molecule has 0 spiro atoms. The van der Waals surface area contributed by atoms with E-state index in [-0.39, 0.29) is 11.1 Å². The Hall–Kier alpha value is -1.84. The van der Waals surface area contributed by atoms with E-state index < -0.39 is 11.9 Å². The van der Waals surface area contributed by atoms with Crippen LogP contribution in [0.1, 0.15) is 71.4 Å². The van der Waals surface area contributed by atoms with Crippen LogP contribution in [0.5, 0.6) is 0 Å². The molecule has 1 rings (SSSR count). The monoisotopic (exact) mass is 278 g/mol. The Labute approximate surface area is 119 Å². The molecule has 0 aromatic heterocycles. The first-order valence-corrected chi connectivity index (χ1v) is 7.13. The van der Waals surface area contributed by atoms with E-state index in [0.717, 1.165) is 25.7 Å². The van der Waals surface area contributed by atoms with Gasteiger partial charge in [-0.05, 0) is 48.9 Å². The summed E-state index contributed by atoms with van der Waals surface area (Å²) < 4.78 is 0. The third-order valence-electron chi connectivity index (χ3n) is 3.39. The van der Waals surface area contributed by atoms with Gasteiger partial charge in [0.15, 0.2) is 0 Å². The van der Waals surface area contributed by atoms with E-state index in [9.17, 15) is 19.8 Å². The second kappa shape index (κ2) is 7.68. The maximum Gasteiger partial charge on any atom is 0.335 e. The van der Waals surface area contributed by atoms with Gasteiger partial charge in [0.2, 0.25) is 0 Å². The van der Waals surface area contributed by atoms with Crippen molar-refractivity contribution in [2.45, 2.75) is 52.4 Å². The predicted molar refractivity (Wildman–Crippen MR) is 77.6 cm³/mol. The highest BCUT2D eigenvalue weighted by Crippen LogP contribution is 2.21. The summed E-state index contributed by atoms with van der Waals surface area (Å²) in [6.07, 6.45) is 4.80. The molecule has 0 amide bonds. The number of benzene rings is 1. The number of aryl methyl sites for hydroxylation is 2. The molecule has 4 nitrogen and oxygen atoms in total. The molecule has 0 saturated heterocycles. The van der Waals surface area contributed by atoms with Crippen LogP contribution in [0.3, 0.4) is 0 Å². The van der Waals surface area contributed by atoms with Gasteiger partial charge in [0.05, 0.1) is 11.1 Å². The number of hydrogen-bond acceptors (Lipinski definition) is 2. The van der Waals surface area contributed by atoms with Gasteiger partial charge in [-0.1, -0.05) is 26.7 Å². The minimum absolute atomic E-state index is 0.245. The Balaban J connectivity index is 3.27. The molecule has 0 unspecified atom stereocenters. The van der Waals surface area contributed by atoms with E-state index in [1.807, 2.05) is 13.8 Å². The third-order valence-corrected chi connectivity index (χ3v) is 3.39. The summed E-state index contributed by atoms with van der Waals surface area (Å²) in [6.45, 7) is 4.04. The van der Waals surface area contributed by atoms with Gasteiger partial charge in [-0.3, -0.25) is 0 Å². The molecule has 0 aliphatic heterocycles. The summed E-state index contributed by atoms with van der Waals surface area (Å²) in [5.41, 5.74) is 1.73. The molecule has 0 heterocycles. The van der Waals surface area contributed by atoms with E-state index >= 15 is 0 Å². The van der Waals surface area contributed by atoms with Gasteiger partial charge in [-0.25, -0.2) is 9.59 Å². The molecule has 110 valence electrons. The van der Waals surface area contributed by atoms with Crippen LogP contribution < -0.4 is 0 Å². The van der Waals surface area contributed by atoms with Crippen LogP contribution in [0.15, 0.2) is 12.1 Å². The molecule has 0 fully saturated rings. The van der Waals surface area contributed by atoms with Crippen molar-refractivity contribution in [2.75, 3.05) is 0 Å². The lowest BCUT2D eigenvalue weighted by atomic mass is 9.93. The molecule has 20 heavy (non-hydrogen) atoms. The van der Waals surface area contributed by atoms with Crippen LogP contribution in [0.25, 0.3) is 0 Å². The summed E-state index contributed by atoms with van der Waals surface area (Å²) in [4.78, 5) is 22.7. The van der Waals surface area contributed by atoms with Gasteiger partial charge < -0.3 is 10.2 Å². The van der Waals surface area contributed by atoms with E-state index in [0.29, 0.717) is 24.0 Å². The van der Waals surface area contributed by atoms with E-state index in [4.69, 9.17) is 0 Å². The van der Waals surface area contributed by atoms with Crippen molar-refractivity contribution < 1.29 is 19.8 Å². The Bertz CT molecular complexity index is 446. The zero-order valence-electron chi connectivity index (χ0n) is 12.1. The van der Waals surface area contributed by atoms with Crippen molar-refractivity contribution in [1.82, 2.24) is 0 Å². The lowest BCUT2D eigenvalue weighted by molar-refractivity contribution is 0.0679. The second-order valence-electron chi connectivity index (χ2n) is 4.98. The first-order chi connectivity index (χ1) is 9.51. The first-order valence-electron chi connectivity index (χ1n) is 7.13. The Kier molecular flexibility index (Phi) is 6.22. The maximum atomic E-state index is 11.3. The highest BCUT2D eigenvalue weighted by molar-refractivity contribution is 5.94. The van der Waals surface area contributed by atoms with Crippen LogP contribution >= 0.6 is 0 Å². The molecule has 0 bridgehead atoms. The van der Waals surface area contributed by atoms with Gasteiger partial charge in [-0.2, -0.15) is 0 Å². The molecular weight excluding hydrogens is 256 g/mol. The quantitative estimate of drug-likeness (QED) is 0.759.